The second-order valence-electron chi connectivity index (χ2n) is 5.71. The van der Waals surface area contributed by atoms with Crippen LogP contribution in [0.5, 0.6) is 0 Å². The maximum Gasteiger partial charge on any atom is 0.410 e. The topological polar surface area (TPSA) is 59.1 Å². The highest BCUT2D eigenvalue weighted by Gasteiger charge is 2.50. The molecule has 3 heterocycles. The Morgan fingerprint density at radius 3 is 1.25 bits per heavy atom. The Balaban J connectivity index is 2.05. The zero-order valence-electron chi connectivity index (χ0n) is 13.9. The summed E-state index contributed by atoms with van der Waals surface area (Å²) in [6.07, 6.45) is 14.6. The van der Waals surface area contributed by atoms with Crippen LogP contribution < -0.4 is 0 Å². The van der Waals surface area contributed by atoms with Crippen LogP contribution in [-0.2, 0) is 9.47 Å². The monoisotopic (exact) mass is 330 g/mol. The van der Waals surface area contributed by atoms with E-state index in [9.17, 15) is 9.59 Å². The molecule has 0 N–H and O–H groups in total. The molecule has 2 amide bonds. The predicted molar refractivity (Wildman–Crippen MR) is 89.4 cm³/mol. The van der Waals surface area contributed by atoms with Gasteiger partial charge in [-0.2, -0.15) is 0 Å². The van der Waals surface area contributed by atoms with Crippen molar-refractivity contribution in [2.45, 2.75) is 38.0 Å². The minimum atomic E-state index is -0.370. The van der Waals surface area contributed by atoms with E-state index in [4.69, 9.17) is 9.47 Å². The Labute approximate surface area is 141 Å². The van der Waals surface area contributed by atoms with Crippen LogP contribution >= 0.6 is 0 Å². The number of fused-ring (bicyclic) bond motifs is 6. The predicted octanol–water partition coefficient (Wildman–Crippen LogP) is 2.64. The first-order valence-corrected chi connectivity index (χ1v) is 8.29. The summed E-state index contributed by atoms with van der Waals surface area (Å²) in [7, 11) is 0. The van der Waals surface area contributed by atoms with Gasteiger partial charge in [0.1, 0.15) is 0 Å². The number of carbonyl (C=O) groups is 2. The van der Waals surface area contributed by atoms with Crippen LogP contribution in [0.2, 0.25) is 0 Å². The number of amides is 2. The van der Waals surface area contributed by atoms with E-state index in [0.717, 1.165) is 0 Å². The molecular weight excluding hydrogens is 308 g/mol. The first kappa shape index (κ1) is 16.4. The van der Waals surface area contributed by atoms with Crippen molar-refractivity contribution in [1.82, 2.24) is 9.80 Å². The number of hydrogen-bond acceptors (Lipinski definition) is 4. The van der Waals surface area contributed by atoms with Crippen molar-refractivity contribution in [1.29, 1.82) is 0 Å². The van der Waals surface area contributed by atoms with Gasteiger partial charge in [0.25, 0.3) is 0 Å². The number of nitrogens with zero attached hydrogens (tertiary/aromatic N) is 2. The minimum absolute atomic E-state index is 0.305. The van der Waals surface area contributed by atoms with Crippen molar-refractivity contribution in [3.63, 3.8) is 0 Å². The van der Waals surface area contributed by atoms with E-state index < -0.39 is 0 Å². The molecule has 4 atom stereocenters. The molecule has 0 aromatic carbocycles. The van der Waals surface area contributed by atoms with Crippen molar-refractivity contribution in [2.24, 2.45) is 0 Å². The summed E-state index contributed by atoms with van der Waals surface area (Å²) in [6.45, 7) is 4.19. The van der Waals surface area contributed by atoms with Crippen LogP contribution in [0.1, 0.15) is 13.8 Å². The molecule has 0 unspecified atom stereocenters. The fraction of sp³-hybridized carbons (Fsp3) is 0.444. The van der Waals surface area contributed by atoms with E-state index >= 15 is 0 Å². The Morgan fingerprint density at radius 2 is 1.00 bits per heavy atom. The molecule has 0 aromatic heterocycles. The van der Waals surface area contributed by atoms with Gasteiger partial charge in [0, 0.05) is 0 Å². The van der Waals surface area contributed by atoms with Gasteiger partial charge in [0.05, 0.1) is 37.4 Å². The second-order valence-corrected chi connectivity index (χ2v) is 5.71. The lowest BCUT2D eigenvalue weighted by molar-refractivity contribution is -0.000659. The third-order valence-electron chi connectivity index (χ3n) is 4.40. The molecule has 6 heteroatoms. The van der Waals surface area contributed by atoms with Crippen LogP contribution in [0.4, 0.5) is 9.59 Å². The first-order valence-electron chi connectivity index (χ1n) is 8.29. The van der Waals surface area contributed by atoms with Crippen LogP contribution in [0, 0.1) is 0 Å². The molecule has 3 rings (SSSR count). The Bertz CT molecular complexity index is 533. The lowest BCUT2D eigenvalue weighted by Gasteiger charge is -2.51. The second kappa shape index (κ2) is 6.95. The summed E-state index contributed by atoms with van der Waals surface area (Å²) in [5.41, 5.74) is 0. The van der Waals surface area contributed by atoms with Crippen LogP contribution in [0.25, 0.3) is 0 Å². The van der Waals surface area contributed by atoms with Gasteiger partial charge < -0.3 is 9.47 Å². The quantitative estimate of drug-likeness (QED) is 0.781. The largest absolute Gasteiger partial charge is 0.450 e. The van der Waals surface area contributed by atoms with E-state index in [0.29, 0.717) is 13.2 Å². The third kappa shape index (κ3) is 2.72. The zero-order valence-corrected chi connectivity index (χ0v) is 13.9. The standard InChI is InChI=1S/C18H22N2O4/c1-3-23-17(21)19-13-9-5-6-10-14(19)16-12-8-7-11-15(13)20(16)18(22)24-4-2/h5-16H,3-4H2,1-2H3/t13-,14-,15-,16-/m0/s1. The molecule has 0 saturated carbocycles. The number of ether oxygens (including phenoxy) is 2. The van der Waals surface area contributed by atoms with Crippen molar-refractivity contribution in [2.75, 3.05) is 13.2 Å². The summed E-state index contributed by atoms with van der Waals surface area (Å²) in [5.74, 6) is 0. The third-order valence-corrected chi connectivity index (χ3v) is 4.40. The van der Waals surface area contributed by atoms with Gasteiger partial charge in [-0.1, -0.05) is 48.6 Å². The van der Waals surface area contributed by atoms with E-state index in [-0.39, 0.29) is 36.4 Å². The fourth-order valence-electron chi connectivity index (χ4n) is 3.48. The molecule has 0 aliphatic carbocycles. The maximum atomic E-state index is 12.6. The molecular formula is C18H22N2O4. The molecule has 0 radical (unpaired) electrons. The normalized spacial score (nSPS) is 29.9. The molecule has 4 bridgehead atoms. The van der Waals surface area contributed by atoms with E-state index in [1.165, 1.54) is 0 Å². The van der Waals surface area contributed by atoms with E-state index in [1.807, 2.05) is 48.6 Å². The van der Waals surface area contributed by atoms with Crippen molar-refractivity contribution in [3.8, 4) is 0 Å². The van der Waals surface area contributed by atoms with Gasteiger partial charge in [-0.3, -0.25) is 9.80 Å². The Hall–Kier alpha value is -2.50. The fourth-order valence-corrected chi connectivity index (χ4v) is 3.48. The zero-order chi connectivity index (χ0) is 17.1. The molecule has 1 fully saturated rings. The van der Waals surface area contributed by atoms with Crippen LogP contribution in [0.3, 0.4) is 0 Å². The highest BCUT2D eigenvalue weighted by molar-refractivity contribution is 5.74. The average molecular weight is 330 g/mol. The molecule has 0 spiro atoms. The van der Waals surface area contributed by atoms with Gasteiger partial charge in [0.15, 0.2) is 0 Å². The molecule has 128 valence electrons. The molecule has 3 aliphatic rings. The molecule has 0 aromatic rings. The van der Waals surface area contributed by atoms with Crippen LogP contribution in [-0.4, -0.2) is 59.4 Å². The lowest BCUT2D eigenvalue weighted by atomic mass is 9.93. The van der Waals surface area contributed by atoms with Gasteiger partial charge >= 0.3 is 12.2 Å². The van der Waals surface area contributed by atoms with Gasteiger partial charge in [-0.15, -0.1) is 0 Å². The van der Waals surface area contributed by atoms with Crippen molar-refractivity contribution < 1.29 is 19.1 Å². The minimum Gasteiger partial charge on any atom is -0.450 e. The summed E-state index contributed by atoms with van der Waals surface area (Å²) in [6, 6.07) is -1.22. The highest BCUT2D eigenvalue weighted by Crippen LogP contribution is 2.34. The number of allylic oxidation sites excluding steroid dienone is 4. The molecule has 6 nitrogen and oxygen atoms in total. The smallest absolute Gasteiger partial charge is 0.410 e. The van der Waals surface area contributed by atoms with Gasteiger partial charge in [-0.05, 0) is 13.8 Å². The lowest BCUT2D eigenvalue weighted by Crippen LogP contribution is -2.68. The Morgan fingerprint density at radius 1 is 0.708 bits per heavy atom. The summed E-state index contributed by atoms with van der Waals surface area (Å²) < 4.78 is 10.5. The molecule has 24 heavy (non-hydrogen) atoms. The van der Waals surface area contributed by atoms with Gasteiger partial charge in [-0.25, -0.2) is 9.59 Å². The maximum absolute atomic E-state index is 12.6. The highest BCUT2D eigenvalue weighted by atomic mass is 16.6. The number of hydrogen-bond donors (Lipinski definition) is 0. The van der Waals surface area contributed by atoms with Crippen molar-refractivity contribution >= 4 is 12.2 Å². The molecule has 1 saturated heterocycles. The van der Waals surface area contributed by atoms with E-state index in [2.05, 4.69) is 0 Å². The summed E-state index contributed by atoms with van der Waals surface area (Å²) >= 11 is 0. The van der Waals surface area contributed by atoms with Crippen LogP contribution in [0.15, 0.2) is 48.6 Å². The average Bonchev–Trinajstić information content (AvgIpc) is 2.84. The van der Waals surface area contributed by atoms with Gasteiger partial charge in [0.2, 0.25) is 0 Å². The summed E-state index contributed by atoms with van der Waals surface area (Å²) in [5, 5.41) is 0. The number of piperazine rings is 1. The first-order chi connectivity index (χ1) is 11.7. The number of rotatable bonds is 2. The van der Waals surface area contributed by atoms with E-state index in [1.54, 1.807) is 23.6 Å². The SMILES string of the molecule is CCOC(=O)N1[C@H]2C=CC=C[C@H]1[C@@H]1C=CC=C[C@@H]2N1C(=O)OCC. The number of carbonyl (C=O) groups excluding carboxylic acids is 2. The Kier molecular flexibility index (Phi) is 4.74. The van der Waals surface area contributed by atoms with Crippen molar-refractivity contribution in [3.05, 3.63) is 48.6 Å². The summed E-state index contributed by atoms with van der Waals surface area (Å²) in [4.78, 5) is 28.6. The molecule has 3 aliphatic heterocycles.